The zero-order valence-electron chi connectivity index (χ0n) is 13.3. The highest BCUT2D eigenvalue weighted by Crippen LogP contribution is 2.40. The van der Waals surface area contributed by atoms with Crippen molar-refractivity contribution in [1.82, 2.24) is 19.9 Å². The van der Waals surface area contributed by atoms with Gasteiger partial charge in [-0.3, -0.25) is 9.88 Å². The Hall–Kier alpha value is -2.21. The van der Waals surface area contributed by atoms with Crippen LogP contribution < -0.4 is 9.64 Å². The lowest BCUT2D eigenvalue weighted by Crippen LogP contribution is -2.67. The Bertz CT molecular complexity index is 645. The van der Waals surface area contributed by atoms with Crippen molar-refractivity contribution < 1.29 is 4.74 Å². The van der Waals surface area contributed by atoms with E-state index in [1.165, 1.54) is 0 Å². The molecule has 0 saturated carbocycles. The highest BCUT2D eigenvalue weighted by Gasteiger charge is 2.52. The average Bonchev–Trinajstić information content (AvgIpc) is 2.90. The third-order valence-corrected chi connectivity index (χ3v) is 4.94. The number of pyridine rings is 1. The molecule has 23 heavy (non-hydrogen) atoms. The number of nitrogens with zero attached hydrogens (tertiary/aromatic N) is 5. The van der Waals surface area contributed by atoms with Crippen LogP contribution in [0.5, 0.6) is 5.75 Å². The van der Waals surface area contributed by atoms with Gasteiger partial charge in [0.2, 0.25) is 5.95 Å². The Morgan fingerprint density at radius 1 is 1.22 bits per heavy atom. The summed E-state index contributed by atoms with van der Waals surface area (Å²) < 4.78 is 5.88. The number of anilines is 1. The minimum atomic E-state index is 0.252. The minimum Gasteiger partial charge on any atom is -0.492 e. The van der Waals surface area contributed by atoms with Gasteiger partial charge in [-0.2, -0.15) is 0 Å². The first-order valence-electron chi connectivity index (χ1n) is 8.01. The summed E-state index contributed by atoms with van der Waals surface area (Å²) in [5, 5.41) is 0. The van der Waals surface area contributed by atoms with Crippen molar-refractivity contribution in [2.24, 2.45) is 5.92 Å². The van der Waals surface area contributed by atoms with Gasteiger partial charge in [-0.1, -0.05) is 0 Å². The predicted octanol–water partition coefficient (Wildman–Crippen LogP) is 1.46. The number of likely N-dealkylation sites (N-methyl/N-ethyl adjacent to an activating group) is 1. The van der Waals surface area contributed by atoms with Crippen LogP contribution in [-0.4, -0.2) is 58.7 Å². The van der Waals surface area contributed by atoms with Gasteiger partial charge in [-0.05, 0) is 31.7 Å². The van der Waals surface area contributed by atoms with Gasteiger partial charge in [0.05, 0.1) is 18.3 Å². The smallest absolute Gasteiger partial charge is 0.225 e. The van der Waals surface area contributed by atoms with Crippen molar-refractivity contribution in [3.8, 4) is 5.75 Å². The quantitative estimate of drug-likeness (QED) is 0.852. The first-order valence-corrected chi connectivity index (χ1v) is 8.01. The summed E-state index contributed by atoms with van der Waals surface area (Å²) in [6.45, 7) is 3.82. The van der Waals surface area contributed by atoms with E-state index in [4.69, 9.17) is 4.74 Å². The van der Waals surface area contributed by atoms with E-state index in [2.05, 4.69) is 31.8 Å². The molecule has 2 saturated heterocycles. The number of hydrogen-bond acceptors (Lipinski definition) is 6. The molecule has 0 amide bonds. The molecule has 2 aromatic rings. The Morgan fingerprint density at radius 3 is 2.78 bits per heavy atom. The van der Waals surface area contributed by atoms with E-state index in [9.17, 15) is 0 Å². The maximum atomic E-state index is 5.88. The Kier molecular flexibility index (Phi) is 3.61. The lowest BCUT2D eigenvalue weighted by Gasteiger charge is -2.51. The Morgan fingerprint density at radius 2 is 2.04 bits per heavy atom. The van der Waals surface area contributed by atoms with Gasteiger partial charge in [0.15, 0.2) is 0 Å². The molecule has 120 valence electrons. The molecule has 1 unspecified atom stereocenters. The summed E-state index contributed by atoms with van der Waals surface area (Å²) in [6.07, 6.45) is 8.30. The third-order valence-electron chi connectivity index (χ3n) is 4.94. The fourth-order valence-corrected chi connectivity index (χ4v) is 3.73. The lowest BCUT2D eigenvalue weighted by atomic mass is 9.85. The predicted molar refractivity (Wildman–Crippen MR) is 87.4 cm³/mol. The molecular weight excluding hydrogens is 290 g/mol. The Balaban J connectivity index is 1.34. The van der Waals surface area contributed by atoms with Crippen LogP contribution in [-0.2, 0) is 0 Å². The van der Waals surface area contributed by atoms with E-state index in [0.717, 1.165) is 44.4 Å². The van der Waals surface area contributed by atoms with Crippen LogP contribution >= 0.6 is 0 Å². The fraction of sp³-hybridized carbons (Fsp3) is 0.471. The second-order valence-electron chi connectivity index (χ2n) is 6.58. The van der Waals surface area contributed by atoms with Crippen LogP contribution in [0.2, 0.25) is 0 Å². The zero-order valence-corrected chi connectivity index (χ0v) is 13.3. The molecule has 2 fully saturated rings. The molecule has 6 nitrogen and oxygen atoms in total. The van der Waals surface area contributed by atoms with Gasteiger partial charge in [0, 0.05) is 44.1 Å². The van der Waals surface area contributed by atoms with Gasteiger partial charge in [0.1, 0.15) is 5.75 Å². The molecule has 0 aliphatic carbocycles. The van der Waals surface area contributed by atoms with Crippen LogP contribution in [0.3, 0.4) is 0 Å². The van der Waals surface area contributed by atoms with E-state index in [1.54, 1.807) is 24.8 Å². The molecule has 4 heterocycles. The van der Waals surface area contributed by atoms with Crippen molar-refractivity contribution in [2.75, 3.05) is 38.2 Å². The van der Waals surface area contributed by atoms with Gasteiger partial charge >= 0.3 is 0 Å². The molecule has 1 spiro atoms. The molecule has 0 radical (unpaired) electrons. The average molecular weight is 311 g/mol. The summed E-state index contributed by atoms with van der Waals surface area (Å²) in [7, 11) is 2.22. The van der Waals surface area contributed by atoms with Crippen molar-refractivity contribution in [3.05, 3.63) is 43.0 Å². The van der Waals surface area contributed by atoms with Crippen molar-refractivity contribution in [2.45, 2.75) is 12.0 Å². The maximum absolute atomic E-state index is 5.88. The summed E-state index contributed by atoms with van der Waals surface area (Å²) >= 11 is 0. The van der Waals surface area contributed by atoms with Gasteiger partial charge in [-0.25, -0.2) is 9.97 Å². The largest absolute Gasteiger partial charge is 0.492 e. The molecule has 2 aliphatic heterocycles. The fourth-order valence-electron chi connectivity index (χ4n) is 3.73. The van der Waals surface area contributed by atoms with Crippen molar-refractivity contribution >= 4 is 5.95 Å². The number of hydrogen-bond donors (Lipinski definition) is 0. The minimum absolute atomic E-state index is 0.252. The SMILES string of the molecule is CN1CC(COc2cccnc2)CC12CN(c1ncccn1)C2. The van der Waals surface area contributed by atoms with Crippen LogP contribution in [0, 0.1) is 5.92 Å². The third kappa shape index (κ3) is 2.74. The molecule has 1 atom stereocenters. The second kappa shape index (κ2) is 5.77. The summed E-state index contributed by atoms with van der Waals surface area (Å²) in [4.78, 5) is 17.5. The van der Waals surface area contributed by atoms with Gasteiger partial charge in [0.25, 0.3) is 0 Å². The van der Waals surface area contributed by atoms with Gasteiger partial charge in [-0.15, -0.1) is 0 Å². The first-order chi connectivity index (χ1) is 11.3. The van der Waals surface area contributed by atoms with E-state index in [1.807, 2.05) is 18.2 Å². The summed E-state index contributed by atoms with van der Waals surface area (Å²) in [5.74, 6) is 2.24. The molecule has 6 heteroatoms. The standard InChI is InChI=1S/C17H21N5O/c1-21-10-14(11-23-15-4-2-5-18-9-15)8-17(21)12-22(13-17)16-19-6-3-7-20-16/h2-7,9,14H,8,10-13H2,1H3. The monoisotopic (exact) mass is 311 g/mol. The van der Waals surface area contributed by atoms with E-state index in [-0.39, 0.29) is 5.54 Å². The molecule has 0 N–H and O–H groups in total. The van der Waals surface area contributed by atoms with E-state index in [0.29, 0.717) is 5.92 Å². The van der Waals surface area contributed by atoms with E-state index >= 15 is 0 Å². The van der Waals surface area contributed by atoms with Crippen LogP contribution in [0.15, 0.2) is 43.0 Å². The summed E-state index contributed by atoms with van der Waals surface area (Å²) in [5.41, 5.74) is 0.252. The number of rotatable bonds is 4. The maximum Gasteiger partial charge on any atom is 0.225 e. The number of ether oxygens (including phenoxy) is 1. The number of likely N-dealkylation sites (tertiary alicyclic amines) is 1. The molecule has 0 aromatic carbocycles. The zero-order chi connectivity index (χ0) is 15.7. The normalized spacial score (nSPS) is 23.0. The first kappa shape index (κ1) is 14.4. The molecule has 4 rings (SSSR count). The molecule has 0 bridgehead atoms. The highest BCUT2D eigenvalue weighted by molar-refractivity contribution is 5.38. The second-order valence-corrected chi connectivity index (χ2v) is 6.58. The highest BCUT2D eigenvalue weighted by atomic mass is 16.5. The molecule has 2 aromatic heterocycles. The van der Waals surface area contributed by atoms with Crippen molar-refractivity contribution in [1.29, 1.82) is 0 Å². The lowest BCUT2D eigenvalue weighted by molar-refractivity contribution is 0.131. The van der Waals surface area contributed by atoms with Crippen LogP contribution in [0.25, 0.3) is 0 Å². The van der Waals surface area contributed by atoms with Crippen LogP contribution in [0.4, 0.5) is 5.95 Å². The van der Waals surface area contributed by atoms with Crippen molar-refractivity contribution in [3.63, 3.8) is 0 Å². The van der Waals surface area contributed by atoms with Gasteiger partial charge < -0.3 is 9.64 Å². The number of aromatic nitrogens is 3. The summed E-state index contributed by atoms with van der Waals surface area (Å²) in [6, 6.07) is 5.72. The van der Waals surface area contributed by atoms with E-state index < -0.39 is 0 Å². The Labute approximate surface area is 136 Å². The molecular formula is C17H21N5O. The molecule has 2 aliphatic rings. The van der Waals surface area contributed by atoms with Crippen LogP contribution in [0.1, 0.15) is 6.42 Å². The topological polar surface area (TPSA) is 54.4 Å².